The van der Waals surface area contributed by atoms with Crippen LogP contribution in [0.1, 0.15) is 121 Å². The number of alkyl halides is 6. The van der Waals surface area contributed by atoms with E-state index in [4.69, 9.17) is 40.0 Å². The monoisotopic (exact) mass is 1330 g/mol. The second-order valence-corrected chi connectivity index (χ2v) is 24.1. The van der Waals surface area contributed by atoms with Crippen molar-refractivity contribution in [1.29, 1.82) is 0 Å². The van der Waals surface area contributed by atoms with E-state index in [1.165, 1.54) is 41.5 Å². The van der Waals surface area contributed by atoms with E-state index in [0.29, 0.717) is 76.6 Å². The zero-order valence-corrected chi connectivity index (χ0v) is 55.2. The predicted molar refractivity (Wildman–Crippen MR) is 345 cm³/mol. The van der Waals surface area contributed by atoms with Gasteiger partial charge in [-0.15, -0.1) is 0 Å². The number of benzene rings is 6. The van der Waals surface area contributed by atoms with Crippen LogP contribution in [0.15, 0.2) is 109 Å². The summed E-state index contributed by atoms with van der Waals surface area (Å²) in [7, 11) is 13.2. The number of hydrogen-bond donors (Lipinski definition) is 4. The number of likely N-dealkylation sites (N-methyl/N-ethyl adjacent to an activating group) is 6. The van der Waals surface area contributed by atoms with Gasteiger partial charge in [-0.1, -0.05) is 85.3 Å². The molecule has 93 heavy (non-hydrogen) atoms. The van der Waals surface area contributed by atoms with Crippen LogP contribution in [0.5, 0.6) is 0 Å². The molecule has 0 aliphatic carbocycles. The second kappa shape index (κ2) is 36.6. The lowest BCUT2D eigenvalue weighted by Gasteiger charge is -2.29. The summed E-state index contributed by atoms with van der Waals surface area (Å²) in [6.07, 6.45) is -5.36. The lowest BCUT2D eigenvalue weighted by Crippen LogP contribution is -2.28. The Labute approximate surface area is 547 Å². The van der Waals surface area contributed by atoms with Gasteiger partial charge in [-0.25, -0.2) is 13.2 Å². The predicted octanol–water partition coefficient (Wildman–Crippen LogP) is 13.3. The first-order valence-corrected chi connectivity index (χ1v) is 32.1. The van der Waals surface area contributed by atoms with Crippen molar-refractivity contribution < 1.29 is 67.9 Å². The number of nitrogens with zero attached hydrogens (tertiary/aromatic N) is 2. The van der Waals surface area contributed by atoms with Gasteiger partial charge in [0.1, 0.15) is 17.5 Å². The quantitative estimate of drug-likeness (QED) is 0.0827. The lowest BCUT2D eigenvalue weighted by atomic mass is 9.92. The van der Waals surface area contributed by atoms with E-state index >= 15 is 0 Å². The number of hydrogen-bond acceptors (Lipinski definition) is 12. The van der Waals surface area contributed by atoms with Gasteiger partial charge in [-0.05, 0) is 187 Å². The maximum absolute atomic E-state index is 13.7. The van der Waals surface area contributed by atoms with Crippen molar-refractivity contribution in [2.24, 2.45) is 0 Å². The Balaban J connectivity index is 0.000000158. The molecule has 0 bridgehead atoms. The number of rotatable bonds is 13. The van der Waals surface area contributed by atoms with Crippen LogP contribution >= 0.6 is 11.6 Å². The van der Waals surface area contributed by atoms with Gasteiger partial charge < -0.3 is 59.5 Å². The summed E-state index contributed by atoms with van der Waals surface area (Å²) in [6.45, 7) is 10.5. The summed E-state index contributed by atoms with van der Waals surface area (Å²) in [6, 6.07) is 30.5. The molecule has 22 heteroatoms. The van der Waals surface area contributed by atoms with E-state index in [-0.39, 0.29) is 41.9 Å². The maximum Gasteiger partial charge on any atom is 0.416 e. The molecule has 0 saturated heterocycles. The molecule has 6 aliphatic rings. The summed E-state index contributed by atoms with van der Waals surface area (Å²) < 4.78 is 152. The van der Waals surface area contributed by atoms with E-state index in [9.17, 15) is 39.5 Å². The van der Waals surface area contributed by atoms with Crippen LogP contribution in [-0.2, 0) is 79.3 Å². The van der Waals surface area contributed by atoms with Gasteiger partial charge in [0.2, 0.25) is 0 Å². The Morgan fingerprint density at radius 2 is 0.720 bits per heavy atom. The molecule has 510 valence electrons. The largest absolute Gasteiger partial charge is 0.416 e. The zero-order valence-electron chi connectivity index (χ0n) is 54.4. The highest BCUT2D eigenvalue weighted by atomic mass is 35.5. The highest BCUT2D eigenvalue weighted by Crippen LogP contribution is 2.41. The first kappa shape index (κ1) is 74.9. The molecule has 0 spiro atoms. The molecule has 0 radical (unpaired) electrons. The van der Waals surface area contributed by atoms with Crippen molar-refractivity contribution in [3.8, 4) is 0 Å². The lowest BCUT2D eigenvalue weighted by molar-refractivity contribution is -0.140. The molecule has 4 N–H and O–H groups in total. The molecule has 0 unspecified atom stereocenters. The first-order valence-electron chi connectivity index (χ1n) is 31.7. The molecule has 0 saturated carbocycles. The van der Waals surface area contributed by atoms with Crippen molar-refractivity contribution in [3.63, 3.8) is 0 Å². The Morgan fingerprint density at radius 1 is 0.409 bits per heavy atom. The molecule has 0 aromatic heterocycles. The third kappa shape index (κ3) is 21.2. The standard InChI is InChI=1S/2C12H14F3NO.3C12H16FNO.C11H14ClNO/c2*1-16-7-10-11-8(5-6-17-10)3-2-4-9(11)12(13,14)15;2*1-14(2)8-11-12-9(6-7-15-11)4-3-5-10(12)13;1-2-14-8-11-12-9(6-7-15-11)4-3-5-10(12)13;1-13-7-11-10-3-2-9(12)6-8(10)4-5-14-11/h2*2-4,10,16H,5-7H2,1H3;2*3-5,11H,6-8H2,1-2H3;3-5,11,14H,2,6-8H2,1H3;2-3,6,11,13H,4-5,7H2,1H3/t2*10-;4*11-/m101010/s1. The van der Waals surface area contributed by atoms with E-state index in [1.54, 1.807) is 44.4 Å². The van der Waals surface area contributed by atoms with Crippen LogP contribution < -0.4 is 21.3 Å². The molecular weight excluding hydrogens is 1240 g/mol. The van der Waals surface area contributed by atoms with E-state index in [0.717, 1.165) is 120 Å². The average molecular weight is 1330 g/mol. The van der Waals surface area contributed by atoms with Gasteiger partial charge in [0, 0.05) is 61.0 Å². The summed E-state index contributed by atoms with van der Waals surface area (Å²) >= 11 is 5.94. The summed E-state index contributed by atoms with van der Waals surface area (Å²) in [5.41, 5.74) is 9.02. The van der Waals surface area contributed by atoms with Crippen LogP contribution in [-0.4, -0.2) is 145 Å². The van der Waals surface area contributed by atoms with Crippen LogP contribution in [0, 0.1) is 17.5 Å². The number of halogens is 10. The minimum absolute atomic E-state index is 0.120. The molecule has 0 amide bonds. The number of ether oxygens (including phenoxy) is 6. The van der Waals surface area contributed by atoms with E-state index in [2.05, 4.69) is 27.3 Å². The second-order valence-electron chi connectivity index (χ2n) is 23.7. The minimum atomic E-state index is -4.32. The van der Waals surface area contributed by atoms with Crippen molar-refractivity contribution >= 4 is 11.6 Å². The smallest absolute Gasteiger partial charge is 0.372 e. The van der Waals surface area contributed by atoms with E-state index in [1.807, 2.05) is 82.3 Å². The Hall–Kier alpha value is -5.50. The van der Waals surface area contributed by atoms with Crippen molar-refractivity contribution in [1.82, 2.24) is 31.1 Å². The third-order valence-corrected chi connectivity index (χ3v) is 16.7. The van der Waals surface area contributed by atoms with E-state index < -0.39 is 35.7 Å². The van der Waals surface area contributed by atoms with Crippen LogP contribution in [0.2, 0.25) is 5.02 Å². The van der Waals surface area contributed by atoms with Crippen molar-refractivity contribution in [2.75, 3.05) is 135 Å². The summed E-state index contributed by atoms with van der Waals surface area (Å²) in [5.74, 6) is -0.423. The molecule has 6 aromatic carbocycles. The van der Waals surface area contributed by atoms with Crippen molar-refractivity contribution in [2.45, 2.75) is 94.4 Å². The third-order valence-electron chi connectivity index (χ3n) is 16.4. The number of nitrogens with one attached hydrogen (secondary N) is 4. The Kier molecular flexibility index (Phi) is 29.4. The maximum atomic E-state index is 13.7. The fourth-order valence-electron chi connectivity index (χ4n) is 12.3. The molecule has 12 nitrogen and oxygen atoms in total. The molecule has 6 aliphatic heterocycles. The molecular formula is C71H90ClF9N6O6. The van der Waals surface area contributed by atoms with Gasteiger partial charge in [-0.2, -0.15) is 26.3 Å². The summed E-state index contributed by atoms with van der Waals surface area (Å²) in [4.78, 5) is 4.04. The van der Waals surface area contributed by atoms with Crippen LogP contribution in [0.4, 0.5) is 39.5 Å². The molecule has 6 aromatic rings. The highest BCUT2D eigenvalue weighted by Gasteiger charge is 2.39. The van der Waals surface area contributed by atoms with Gasteiger partial charge in [-0.3, -0.25) is 0 Å². The van der Waals surface area contributed by atoms with Crippen molar-refractivity contribution in [3.05, 3.63) is 210 Å². The normalized spacial score (nSPS) is 20.3. The van der Waals surface area contributed by atoms with Crippen LogP contribution in [0.25, 0.3) is 0 Å². The van der Waals surface area contributed by atoms with Gasteiger partial charge >= 0.3 is 12.4 Å². The molecule has 6 heterocycles. The topological polar surface area (TPSA) is 110 Å². The zero-order chi connectivity index (χ0) is 67.2. The highest BCUT2D eigenvalue weighted by molar-refractivity contribution is 6.30. The SMILES string of the molecule is CCNC[C@H]1OCCc2cccc(F)c21.CN(C)C[C@@H]1OCCc2cccc(F)c21.CN(C)C[C@H]1OCCc2cccc(F)c21.CNC[C@@H]1OCCc2cc(Cl)ccc21.CNC[C@@H]1OCCc2cccc(C(F)(F)F)c21.CNC[C@H]1OCCc2cccc(C(F)(F)F)c21. The number of fused-ring (bicyclic) bond motifs is 6. The summed E-state index contributed by atoms with van der Waals surface area (Å²) in [5, 5.41) is 12.9. The Morgan fingerprint density at radius 3 is 1.08 bits per heavy atom. The Bertz CT molecular complexity index is 3140. The molecule has 6 atom stereocenters. The van der Waals surface area contributed by atoms with Gasteiger partial charge in [0.05, 0.1) is 87.4 Å². The van der Waals surface area contributed by atoms with Gasteiger partial charge in [0.25, 0.3) is 0 Å². The average Bonchev–Trinajstić information content (AvgIpc) is 0.818. The fourth-order valence-corrected chi connectivity index (χ4v) is 12.5. The molecule has 0 fully saturated rings. The van der Waals surface area contributed by atoms with Gasteiger partial charge in [0.15, 0.2) is 0 Å². The first-order chi connectivity index (χ1) is 44.6. The fraction of sp³-hybridized carbons (Fsp3) is 0.493. The molecule has 12 rings (SSSR count). The minimum Gasteiger partial charge on any atom is -0.372 e. The van der Waals surface area contributed by atoms with Crippen LogP contribution in [0.3, 0.4) is 0 Å².